The number of hydrogen-bond acceptors (Lipinski definition) is 3. The van der Waals surface area contributed by atoms with Crippen LogP contribution in [0.1, 0.15) is 40.0 Å². The van der Waals surface area contributed by atoms with Crippen molar-refractivity contribution < 1.29 is 19.1 Å². The first-order valence-electron chi connectivity index (χ1n) is 10.4. The van der Waals surface area contributed by atoms with E-state index in [1.165, 1.54) is 17.0 Å². The maximum atomic E-state index is 14.5. The maximum Gasteiger partial charge on any atom is 0.325 e. The fourth-order valence-electron chi connectivity index (χ4n) is 3.83. The molecule has 0 saturated heterocycles. The molecular formula is C25H23ClFN3O3. The molecule has 3 aromatic carbocycles. The third-order valence-corrected chi connectivity index (χ3v) is 6.27. The van der Waals surface area contributed by atoms with Gasteiger partial charge in [0, 0.05) is 29.7 Å². The number of aromatic hydroxyl groups is 1. The summed E-state index contributed by atoms with van der Waals surface area (Å²) in [5.41, 5.74) is 2.81. The van der Waals surface area contributed by atoms with E-state index in [1.807, 2.05) is 13.0 Å². The number of nitrogens with one attached hydrogen (secondary N) is 1. The summed E-state index contributed by atoms with van der Waals surface area (Å²) in [4.78, 5) is 28.9. The molecule has 6 nitrogen and oxygen atoms in total. The average Bonchev–Trinajstić information content (AvgIpc) is 2.81. The SMILES string of the molecule is CC1c2ccc(C(=O)NCc3ccc(O)cc3)cc2N(Cc2c(F)cccc2Cl)C(=O)N1C. The number of fused-ring (bicyclic) bond motifs is 1. The molecule has 170 valence electrons. The van der Waals surface area contributed by atoms with Gasteiger partial charge < -0.3 is 15.3 Å². The predicted octanol–water partition coefficient (Wildman–Crippen LogP) is 5.25. The number of carbonyl (C=O) groups is 2. The summed E-state index contributed by atoms with van der Waals surface area (Å²) in [5.74, 6) is -0.659. The molecule has 1 aliphatic heterocycles. The minimum absolute atomic E-state index is 0.0625. The molecule has 1 atom stereocenters. The zero-order valence-corrected chi connectivity index (χ0v) is 18.9. The van der Waals surface area contributed by atoms with Crippen molar-refractivity contribution in [3.8, 4) is 5.75 Å². The van der Waals surface area contributed by atoms with Crippen LogP contribution in [0.15, 0.2) is 60.7 Å². The lowest BCUT2D eigenvalue weighted by molar-refractivity contribution is 0.0950. The van der Waals surface area contributed by atoms with Gasteiger partial charge in [0.2, 0.25) is 0 Å². The minimum Gasteiger partial charge on any atom is -0.508 e. The van der Waals surface area contributed by atoms with Gasteiger partial charge in [-0.25, -0.2) is 9.18 Å². The van der Waals surface area contributed by atoms with Crippen molar-refractivity contribution in [2.75, 3.05) is 11.9 Å². The summed E-state index contributed by atoms with van der Waals surface area (Å²) in [7, 11) is 1.68. The van der Waals surface area contributed by atoms with Crippen molar-refractivity contribution >= 4 is 29.2 Å². The number of anilines is 1. The van der Waals surface area contributed by atoms with Gasteiger partial charge in [-0.2, -0.15) is 0 Å². The Bertz CT molecular complexity index is 1200. The number of phenolic OH excluding ortho intramolecular Hbond substituents is 1. The molecular weight excluding hydrogens is 445 g/mol. The number of hydrogen-bond donors (Lipinski definition) is 2. The number of benzene rings is 3. The van der Waals surface area contributed by atoms with Crippen LogP contribution in [0.2, 0.25) is 5.02 Å². The summed E-state index contributed by atoms with van der Waals surface area (Å²) in [6.45, 7) is 2.12. The molecule has 0 fully saturated rings. The van der Waals surface area contributed by atoms with Crippen LogP contribution in [0.5, 0.6) is 5.75 Å². The van der Waals surface area contributed by atoms with Crippen LogP contribution < -0.4 is 10.2 Å². The molecule has 0 aromatic heterocycles. The Morgan fingerprint density at radius 3 is 2.58 bits per heavy atom. The number of nitrogens with zero attached hydrogens (tertiary/aromatic N) is 2. The number of urea groups is 1. The largest absolute Gasteiger partial charge is 0.508 e. The normalized spacial score (nSPS) is 15.4. The van der Waals surface area contributed by atoms with Crippen LogP contribution in [-0.2, 0) is 13.1 Å². The quantitative estimate of drug-likeness (QED) is 0.538. The summed E-state index contributed by atoms with van der Waals surface area (Å²) in [6.07, 6.45) is 0. The molecule has 1 aliphatic rings. The van der Waals surface area contributed by atoms with Crippen molar-refractivity contribution in [2.24, 2.45) is 0 Å². The van der Waals surface area contributed by atoms with Gasteiger partial charge in [0.15, 0.2) is 0 Å². The van der Waals surface area contributed by atoms with Gasteiger partial charge in [-0.1, -0.05) is 35.9 Å². The molecule has 0 bridgehead atoms. The Morgan fingerprint density at radius 2 is 1.88 bits per heavy atom. The molecule has 2 N–H and O–H groups in total. The monoisotopic (exact) mass is 467 g/mol. The lowest BCUT2D eigenvalue weighted by Gasteiger charge is -2.39. The molecule has 3 aromatic rings. The third-order valence-electron chi connectivity index (χ3n) is 5.91. The fraction of sp³-hybridized carbons (Fsp3) is 0.200. The maximum absolute atomic E-state index is 14.5. The van der Waals surface area contributed by atoms with Gasteiger partial charge in [0.05, 0.1) is 18.3 Å². The average molecular weight is 468 g/mol. The first-order valence-corrected chi connectivity index (χ1v) is 10.8. The Labute approximate surface area is 196 Å². The van der Waals surface area contributed by atoms with E-state index in [-0.39, 0.29) is 47.4 Å². The molecule has 0 saturated carbocycles. The number of phenols is 1. The van der Waals surface area contributed by atoms with Gasteiger partial charge in [0.1, 0.15) is 11.6 Å². The van der Waals surface area contributed by atoms with Gasteiger partial charge in [-0.15, -0.1) is 0 Å². The van der Waals surface area contributed by atoms with E-state index in [0.29, 0.717) is 11.3 Å². The summed E-state index contributed by atoms with van der Waals surface area (Å²) < 4.78 is 14.5. The highest BCUT2D eigenvalue weighted by molar-refractivity contribution is 6.31. The zero-order valence-electron chi connectivity index (χ0n) is 18.2. The predicted molar refractivity (Wildman–Crippen MR) is 125 cm³/mol. The molecule has 1 unspecified atom stereocenters. The zero-order chi connectivity index (χ0) is 23.7. The van der Waals surface area contributed by atoms with Crippen LogP contribution in [-0.4, -0.2) is 29.0 Å². The van der Waals surface area contributed by atoms with E-state index in [4.69, 9.17) is 11.6 Å². The number of carbonyl (C=O) groups excluding carboxylic acids is 2. The summed E-state index contributed by atoms with van der Waals surface area (Å²) >= 11 is 6.21. The van der Waals surface area contributed by atoms with Gasteiger partial charge in [-0.05, 0) is 54.4 Å². The van der Waals surface area contributed by atoms with Crippen LogP contribution in [0.25, 0.3) is 0 Å². The van der Waals surface area contributed by atoms with E-state index in [1.54, 1.807) is 54.4 Å². The van der Waals surface area contributed by atoms with Crippen molar-refractivity contribution in [3.05, 3.63) is 93.8 Å². The molecule has 4 rings (SSSR count). The Balaban J connectivity index is 1.64. The van der Waals surface area contributed by atoms with Crippen LogP contribution in [0, 0.1) is 5.82 Å². The molecule has 3 amide bonds. The summed E-state index contributed by atoms with van der Waals surface area (Å²) in [5, 5.41) is 12.5. The van der Waals surface area contributed by atoms with Crippen molar-refractivity contribution in [1.29, 1.82) is 0 Å². The molecule has 1 heterocycles. The molecule has 8 heteroatoms. The number of amides is 3. The van der Waals surface area contributed by atoms with E-state index >= 15 is 0 Å². The standard InChI is InChI=1S/C25H23ClFN3O3/c1-15-19-11-8-17(24(32)28-13-16-6-9-18(31)10-7-16)12-23(19)30(25(33)29(15)2)14-20-21(26)4-3-5-22(20)27/h3-12,15,31H,13-14H2,1-2H3,(H,28,32). The highest BCUT2D eigenvalue weighted by atomic mass is 35.5. The lowest BCUT2D eigenvalue weighted by atomic mass is 9.98. The lowest BCUT2D eigenvalue weighted by Crippen LogP contribution is -2.46. The van der Waals surface area contributed by atoms with Gasteiger partial charge >= 0.3 is 6.03 Å². The van der Waals surface area contributed by atoms with Gasteiger partial charge in [-0.3, -0.25) is 9.69 Å². The van der Waals surface area contributed by atoms with Crippen LogP contribution in [0.3, 0.4) is 0 Å². The van der Waals surface area contributed by atoms with Crippen molar-refractivity contribution in [1.82, 2.24) is 10.2 Å². The highest BCUT2D eigenvalue weighted by Gasteiger charge is 2.34. The number of rotatable bonds is 5. The highest BCUT2D eigenvalue weighted by Crippen LogP contribution is 2.38. The van der Waals surface area contributed by atoms with Crippen molar-refractivity contribution in [2.45, 2.75) is 26.1 Å². The fourth-order valence-corrected chi connectivity index (χ4v) is 4.05. The molecule has 0 radical (unpaired) electrons. The first-order chi connectivity index (χ1) is 15.8. The molecule has 33 heavy (non-hydrogen) atoms. The topological polar surface area (TPSA) is 72.9 Å². The van der Waals surface area contributed by atoms with Gasteiger partial charge in [0.25, 0.3) is 5.91 Å². The second kappa shape index (κ2) is 9.11. The molecule has 0 spiro atoms. The Hall–Kier alpha value is -3.58. The van der Waals surface area contributed by atoms with Crippen molar-refractivity contribution in [3.63, 3.8) is 0 Å². The van der Waals surface area contributed by atoms with E-state index in [2.05, 4.69) is 5.32 Å². The first kappa shape index (κ1) is 22.6. The Morgan fingerprint density at radius 1 is 1.15 bits per heavy atom. The summed E-state index contributed by atoms with van der Waals surface area (Å²) in [6, 6.07) is 15.6. The Kier molecular flexibility index (Phi) is 6.24. The van der Waals surface area contributed by atoms with Crippen LogP contribution >= 0.6 is 11.6 Å². The second-order valence-electron chi connectivity index (χ2n) is 7.98. The smallest absolute Gasteiger partial charge is 0.325 e. The van der Waals surface area contributed by atoms with E-state index < -0.39 is 5.82 Å². The van der Waals surface area contributed by atoms with E-state index in [9.17, 15) is 19.1 Å². The number of halogens is 2. The van der Waals surface area contributed by atoms with Crippen LogP contribution in [0.4, 0.5) is 14.9 Å². The third kappa shape index (κ3) is 4.50. The van der Waals surface area contributed by atoms with E-state index in [0.717, 1.165) is 11.1 Å². The second-order valence-corrected chi connectivity index (χ2v) is 8.39. The molecule has 0 aliphatic carbocycles. The minimum atomic E-state index is -0.499.